The zero-order valence-corrected chi connectivity index (χ0v) is 13.4. The molecule has 0 unspecified atom stereocenters. The number of pyridine rings is 1. The summed E-state index contributed by atoms with van der Waals surface area (Å²) in [5.74, 6) is 0.410. The first-order chi connectivity index (χ1) is 9.45. The summed E-state index contributed by atoms with van der Waals surface area (Å²) in [5, 5.41) is 3.11. The van der Waals surface area contributed by atoms with Crippen LogP contribution in [-0.4, -0.2) is 25.0 Å². The van der Waals surface area contributed by atoms with Gasteiger partial charge < -0.3 is 10.2 Å². The van der Waals surface area contributed by atoms with Gasteiger partial charge in [0.1, 0.15) is 11.0 Å². The standard InChI is InChI=1S/C14H13BrClN3O/c1-19(2)13-7-9(6-12(16)18-13)14(20)17-11-5-3-4-10(15)8-11/h3-8H,1-2H3,(H,17,20). The highest BCUT2D eigenvalue weighted by Gasteiger charge is 2.10. The van der Waals surface area contributed by atoms with E-state index in [1.807, 2.05) is 38.4 Å². The van der Waals surface area contributed by atoms with E-state index in [9.17, 15) is 4.79 Å². The number of hydrogen-bond donors (Lipinski definition) is 1. The molecule has 20 heavy (non-hydrogen) atoms. The van der Waals surface area contributed by atoms with Gasteiger partial charge in [-0.1, -0.05) is 33.6 Å². The van der Waals surface area contributed by atoms with Crippen LogP contribution in [-0.2, 0) is 0 Å². The van der Waals surface area contributed by atoms with E-state index >= 15 is 0 Å². The molecule has 4 nitrogen and oxygen atoms in total. The number of carbonyl (C=O) groups excluding carboxylic acids is 1. The third-order valence-electron chi connectivity index (χ3n) is 2.58. The predicted octanol–water partition coefficient (Wildman–Crippen LogP) is 3.82. The zero-order valence-electron chi connectivity index (χ0n) is 11.0. The number of carbonyl (C=O) groups is 1. The van der Waals surface area contributed by atoms with Gasteiger partial charge in [-0.25, -0.2) is 4.98 Å². The summed E-state index contributed by atoms with van der Waals surface area (Å²) < 4.78 is 0.900. The molecule has 1 aromatic heterocycles. The molecular weight excluding hydrogens is 342 g/mol. The van der Waals surface area contributed by atoms with Crippen LogP contribution < -0.4 is 10.2 Å². The molecule has 0 atom stereocenters. The lowest BCUT2D eigenvalue weighted by Gasteiger charge is -2.13. The van der Waals surface area contributed by atoms with Crippen molar-refractivity contribution in [3.63, 3.8) is 0 Å². The fourth-order valence-corrected chi connectivity index (χ4v) is 2.22. The van der Waals surface area contributed by atoms with Gasteiger partial charge in [0.05, 0.1) is 0 Å². The van der Waals surface area contributed by atoms with Gasteiger partial charge in [-0.15, -0.1) is 0 Å². The van der Waals surface area contributed by atoms with Crippen LogP contribution in [0.25, 0.3) is 0 Å². The average molecular weight is 355 g/mol. The molecule has 0 radical (unpaired) electrons. The van der Waals surface area contributed by atoms with Gasteiger partial charge in [-0.3, -0.25) is 4.79 Å². The number of halogens is 2. The van der Waals surface area contributed by atoms with Crippen molar-refractivity contribution in [2.45, 2.75) is 0 Å². The Hall–Kier alpha value is -1.59. The normalized spacial score (nSPS) is 10.2. The summed E-state index contributed by atoms with van der Waals surface area (Å²) in [6.45, 7) is 0. The Morgan fingerprint density at radius 2 is 2.05 bits per heavy atom. The van der Waals surface area contributed by atoms with Gasteiger partial charge in [0.25, 0.3) is 5.91 Å². The van der Waals surface area contributed by atoms with Crippen molar-refractivity contribution in [1.29, 1.82) is 0 Å². The highest BCUT2D eigenvalue weighted by molar-refractivity contribution is 9.10. The van der Waals surface area contributed by atoms with Crippen LogP contribution in [0.4, 0.5) is 11.5 Å². The number of nitrogens with one attached hydrogen (secondary N) is 1. The first-order valence-electron chi connectivity index (χ1n) is 5.87. The van der Waals surface area contributed by atoms with Crippen molar-refractivity contribution in [2.75, 3.05) is 24.3 Å². The minimum absolute atomic E-state index is 0.226. The molecule has 0 saturated carbocycles. The number of benzene rings is 1. The number of amides is 1. The van der Waals surface area contributed by atoms with E-state index in [4.69, 9.17) is 11.6 Å². The molecule has 0 spiro atoms. The van der Waals surface area contributed by atoms with Gasteiger partial charge >= 0.3 is 0 Å². The molecule has 6 heteroatoms. The highest BCUT2D eigenvalue weighted by Crippen LogP contribution is 2.19. The number of aromatic nitrogens is 1. The molecular formula is C14H13BrClN3O. The molecule has 0 aliphatic carbocycles. The minimum Gasteiger partial charge on any atom is -0.363 e. The van der Waals surface area contributed by atoms with Crippen LogP contribution in [0.3, 0.4) is 0 Å². The van der Waals surface area contributed by atoms with Crippen LogP contribution in [0.2, 0.25) is 5.15 Å². The lowest BCUT2D eigenvalue weighted by molar-refractivity contribution is 0.102. The summed E-state index contributed by atoms with van der Waals surface area (Å²) in [4.78, 5) is 18.2. The Morgan fingerprint density at radius 3 is 2.70 bits per heavy atom. The SMILES string of the molecule is CN(C)c1cc(C(=O)Nc2cccc(Br)c2)cc(Cl)n1. The van der Waals surface area contributed by atoms with Gasteiger partial charge in [-0.2, -0.15) is 0 Å². The van der Waals surface area contributed by atoms with E-state index in [-0.39, 0.29) is 11.1 Å². The molecule has 0 bridgehead atoms. The Labute approximate surface area is 130 Å². The summed E-state index contributed by atoms with van der Waals surface area (Å²) in [6.07, 6.45) is 0. The van der Waals surface area contributed by atoms with Crippen LogP contribution in [0.15, 0.2) is 40.9 Å². The van der Waals surface area contributed by atoms with Crippen molar-refractivity contribution < 1.29 is 4.79 Å². The van der Waals surface area contributed by atoms with E-state index in [2.05, 4.69) is 26.2 Å². The van der Waals surface area contributed by atoms with Crippen molar-refractivity contribution >= 4 is 44.9 Å². The van der Waals surface area contributed by atoms with Crippen molar-refractivity contribution in [3.05, 3.63) is 51.6 Å². The Balaban J connectivity index is 2.25. The van der Waals surface area contributed by atoms with Gasteiger partial charge in [0.2, 0.25) is 0 Å². The lowest BCUT2D eigenvalue weighted by Crippen LogP contribution is -2.15. The number of hydrogen-bond acceptors (Lipinski definition) is 3. The van der Waals surface area contributed by atoms with Gasteiger partial charge in [0, 0.05) is 29.8 Å². The molecule has 2 aromatic rings. The topological polar surface area (TPSA) is 45.2 Å². The summed E-state index contributed by atoms with van der Waals surface area (Å²) in [6, 6.07) is 10.6. The maximum Gasteiger partial charge on any atom is 0.255 e. The highest BCUT2D eigenvalue weighted by atomic mass is 79.9. The van der Waals surface area contributed by atoms with E-state index in [1.165, 1.54) is 0 Å². The number of anilines is 2. The Morgan fingerprint density at radius 1 is 1.30 bits per heavy atom. The molecule has 0 fully saturated rings. The smallest absolute Gasteiger partial charge is 0.255 e. The Kier molecular flexibility index (Phi) is 4.62. The molecule has 1 amide bonds. The molecule has 104 valence electrons. The van der Waals surface area contributed by atoms with Gasteiger partial charge in [-0.05, 0) is 30.3 Å². The van der Waals surface area contributed by atoms with Crippen molar-refractivity contribution in [2.24, 2.45) is 0 Å². The molecule has 2 rings (SSSR count). The molecule has 1 N–H and O–H groups in total. The molecule has 0 aliphatic rings. The maximum absolute atomic E-state index is 12.2. The lowest BCUT2D eigenvalue weighted by atomic mass is 10.2. The minimum atomic E-state index is -0.226. The first-order valence-corrected chi connectivity index (χ1v) is 7.04. The third kappa shape index (κ3) is 3.71. The fraction of sp³-hybridized carbons (Fsp3) is 0.143. The largest absolute Gasteiger partial charge is 0.363 e. The zero-order chi connectivity index (χ0) is 14.7. The van der Waals surface area contributed by atoms with Crippen LogP contribution >= 0.6 is 27.5 Å². The monoisotopic (exact) mass is 353 g/mol. The molecule has 0 saturated heterocycles. The third-order valence-corrected chi connectivity index (χ3v) is 3.27. The van der Waals surface area contributed by atoms with Crippen LogP contribution in [0.5, 0.6) is 0 Å². The van der Waals surface area contributed by atoms with E-state index < -0.39 is 0 Å². The second-order valence-electron chi connectivity index (χ2n) is 4.40. The van der Waals surface area contributed by atoms with E-state index in [0.717, 1.165) is 4.47 Å². The summed E-state index contributed by atoms with van der Waals surface area (Å²) >= 11 is 9.30. The molecule has 1 aromatic carbocycles. The summed E-state index contributed by atoms with van der Waals surface area (Å²) in [7, 11) is 3.68. The maximum atomic E-state index is 12.2. The predicted molar refractivity (Wildman–Crippen MR) is 85.7 cm³/mol. The number of nitrogens with zero attached hydrogens (tertiary/aromatic N) is 2. The second-order valence-corrected chi connectivity index (χ2v) is 5.70. The molecule has 0 aliphatic heterocycles. The Bertz CT molecular complexity index is 646. The average Bonchev–Trinajstić information content (AvgIpc) is 2.37. The van der Waals surface area contributed by atoms with Crippen LogP contribution in [0.1, 0.15) is 10.4 Å². The fourth-order valence-electron chi connectivity index (χ4n) is 1.61. The van der Waals surface area contributed by atoms with Gasteiger partial charge in [0.15, 0.2) is 0 Å². The first kappa shape index (κ1) is 14.8. The van der Waals surface area contributed by atoms with Crippen molar-refractivity contribution in [1.82, 2.24) is 4.98 Å². The van der Waals surface area contributed by atoms with E-state index in [0.29, 0.717) is 17.1 Å². The van der Waals surface area contributed by atoms with Crippen LogP contribution in [0, 0.1) is 0 Å². The quantitative estimate of drug-likeness (QED) is 0.852. The number of rotatable bonds is 3. The molecule has 1 heterocycles. The summed E-state index contributed by atoms with van der Waals surface area (Å²) in [5.41, 5.74) is 1.18. The van der Waals surface area contributed by atoms with E-state index in [1.54, 1.807) is 17.0 Å². The second kappa shape index (κ2) is 6.24. The van der Waals surface area contributed by atoms with Crippen molar-refractivity contribution in [3.8, 4) is 0 Å².